The number of hydrazone groups is 2. The second-order valence-electron chi connectivity index (χ2n) is 11.6. The summed E-state index contributed by atoms with van der Waals surface area (Å²) < 4.78 is 108. The molecule has 0 spiro atoms. The molecule has 0 aliphatic heterocycles. The number of para-hydroxylation sites is 1. The SMILES string of the molecule is Nc1cc(S(=O)(=O)[O-])cc2c1C(=O)/C(=N/Nc1ccc(Nc3ccc(N/N=C4/C=CC(Nc5ccccc5)=CC4=O)cc3)c(S(=O)(=O)[O-])c1)C(S(=O)(=O)[O-])=C2.[Na+].[Na+].[Na+]. The molecule has 0 heterocycles. The van der Waals surface area contributed by atoms with Gasteiger partial charge < -0.3 is 30.0 Å². The number of nitrogens with two attached hydrogens (primary N) is 1. The molecule has 6 N–H and O–H groups in total. The second kappa shape index (κ2) is 19.7. The summed E-state index contributed by atoms with van der Waals surface area (Å²) >= 11 is 0. The average molecular weight is 872 g/mol. The molecule has 282 valence electrons. The molecule has 0 unspecified atom stereocenters. The number of hydrogen-bond acceptors (Lipinski definition) is 18. The first-order chi connectivity index (χ1) is 25.9. The summed E-state index contributed by atoms with van der Waals surface area (Å²) in [7, 11) is -15.7. The van der Waals surface area contributed by atoms with E-state index in [-0.39, 0.29) is 112 Å². The van der Waals surface area contributed by atoms with Crippen LogP contribution in [-0.2, 0) is 35.1 Å². The van der Waals surface area contributed by atoms with E-state index >= 15 is 0 Å². The van der Waals surface area contributed by atoms with Gasteiger partial charge in [-0.3, -0.25) is 20.4 Å². The average Bonchev–Trinajstić information content (AvgIpc) is 3.11. The fraction of sp³-hybridized carbons (Fsp3) is 0. The van der Waals surface area contributed by atoms with Crippen LogP contribution in [0.3, 0.4) is 0 Å². The van der Waals surface area contributed by atoms with Gasteiger partial charge in [-0.2, -0.15) is 10.2 Å². The molecule has 0 fully saturated rings. The Balaban J connectivity index is 0.00000300. The van der Waals surface area contributed by atoms with Gasteiger partial charge >= 0.3 is 88.7 Å². The van der Waals surface area contributed by atoms with Gasteiger partial charge in [0.15, 0.2) is 0 Å². The summed E-state index contributed by atoms with van der Waals surface area (Å²) in [5.41, 5.74) is 10.3. The first kappa shape index (κ1) is 48.9. The van der Waals surface area contributed by atoms with Crippen LogP contribution in [0.15, 0.2) is 134 Å². The van der Waals surface area contributed by atoms with Crippen LogP contribution in [0.5, 0.6) is 0 Å². The fourth-order valence-corrected chi connectivity index (χ4v) is 7.07. The van der Waals surface area contributed by atoms with Gasteiger partial charge in [0.05, 0.1) is 37.3 Å². The maximum Gasteiger partial charge on any atom is 1.00 e. The van der Waals surface area contributed by atoms with Crippen molar-refractivity contribution < 1.29 is 137 Å². The largest absolute Gasteiger partial charge is 1.00 e. The molecule has 0 atom stereocenters. The number of nitrogens with one attached hydrogen (secondary N) is 4. The van der Waals surface area contributed by atoms with E-state index in [1.54, 1.807) is 18.2 Å². The Hall–Kier alpha value is -3.49. The minimum absolute atomic E-state index is 0. The normalized spacial score (nSPS) is 15.2. The van der Waals surface area contributed by atoms with Crippen LogP contribution in [0, 0.1) is 0 Å². The summed E-state index contributed by atoms with van der Waals surface area (Å²) in [5, 5.41) is 13.7. The molecule has 0 aromatic heterocycles. The first-order valence-corrected chi connectivity index (χ1v) is 19.6. The van der Waals surface area contributed by atoms with Crippen molar-refractivity contribution in [3.05, 3.63) is 125 Å². The number of anilines is 6. The number of nitrogens with zero attached hydrogens (tertiary/aromatic N) is 2. The molecule has 6 rings (SSSR count). The maximum absolute atomic E-state index is 13.3. The van der Waals surface area contributed by atoms with Gasteiger partial charge in [0.1, 0.15) is 41.8 Å². The number of fused-ring (bicyclic) bond motifs is 1. The molecule has 0 bridgehead atoms. The number of rotatable bonds is 11. The first-order valence-electron chi connectivity index (χ1n) is 15.4. The third-order valence-corrected chi connectivity index (χ3v) is 10.3. The van der Waals surface area contributed by atoms with Crippen molar-refractivity contribution in [1.82, 2.24) is 0 Å². The third-order valence-electron chi connectivity index (χ3n) is 7.73. The van der Waals surface area contributed by atoms with E-state index in [1.165, 1.54) is 36.4 Å². The van der Waals surface area contributed by atoms with E-state index in [0.717, 1.165) is 11.8 Å². The topological polar surface area (TPSA) is 305 Å². The Kier molecular flexibility index (Phi) is 16.6. The van der Waals surface area contributed by atoms with E-state index in [4.69, 9.17) is 5.73 Å². The van der Waals surface area contributed by atoms with Crippen molar-refractivity contribution >= 4 is 93.5 Å². The Morgan fingerprint density at radius 3 is 1.81 bits per heavy atom. The van der Waals surface area contributed by atoms with Crippen LogP contribution in [-0.4, -0.2) is 61.9 Å². The van der Waals surface area contributed by atoms with E-state index in [2.05, 4.69) is 31.7 Å². The zero-order valence-electron chi connectivity index (χ0n) is 30.6. The molecule has 24 heteroatoms. The molecular formula is C34H24N7Na3O11S3. The smallest absolute Gasteiger partial charge is 0.744 e. The summed E-state index contributed by atoms with van der Waals surface area (Å²) in [5.74, 6) is -1.58. The van der Waals surface area contributed by atoms with Gasteiger partial charge in [-0.25, -0.2) is 25.3 Å². The van der Waals surface area contributed by atoms with Gasteiger partial charge in [-0.1, -0.05) is 18.2 Å². The Morgan fingerprint density at radius 1 is 0.603 bits per heavy atom. The van der Waals surface area contributed by atoms with Crippen molar-refractivity contribution in [3.63, 3.8) is 0 Å². The van der Waals surface area contributed by atoms with Crippen LogP contribution in [0.25, 0.3) is 6.08 Å². The molecule has 0 saturated carbocycles. The number of Topliss-reactive ketones (excluding diaryl/α,β-unsaturated/α-hetero) is 1. The van der Waals surface area contributed by atoms with Crippen molar-refractivity contribution in [2.24, 2.45) is 10.2 Å². The van der Waals surface area contributed by atoms with Gasteiger partial charge in [0.2, 0.25) is 11.6 Å². The van der Waals surface area contributed by atoms with Gasteiger partial charge in [0.25, 0.3) is 0 Å². The fourth-order valence-electron chi connectivity index (χ4n) is 5.22. The minimum Gasteiger partial charge on any atom is -0.744 e. The predicted molar refractivity (Wildman–Crippen MR) is 199 cm³/mol. The molecule has 4 aromatic carbocycles. The summed E-state index contributed by atoms with van der Waals surface area (Å²) in [6, 6.07) is 20.0. The Labute approximate surface area is 398 Å². The van der Waals surface area contributed by atoms with Crippen LogP contribution in [0.1, 0.15) is 15.9 Å². The minimum atomic E-state index is -5.45. The van der Waals surface area contributed by atoms with Crippen molar-refractivity contribution in [2.45, 2.75) is 9.79 Å². The number of carbonyl (C=O) groups is 2. The van der Waals surface area contributed by atoms with Crippen molar-refractivity contribution in [3.8, 4) is 0 Å². The molecule has 18 nitrogen and oxygen atoms in total. The third kappa shape index (κ3) is 11.8. The molecule has 58 heavy (non-hydrogen) atoms. The standard InChI is InChI=1S/C34H27N7O11S3.3Na/c35-26-18-25(53(44,45)46)14-19-15-31(55(50,51)52)33(34(43)32(19)26)41-39-24-11-13-28(30(17-24)54(47,48)49)37-21-6-8-22(9-7-21)38-40-27-12-10-23(16-29(27)42)36-20-4-2-1-3-5-20;;;/h1-18,36-39H,35H2,(H,44,45,46)(H,47,48,49)(H,50,51,52);;;/q;3*+1/p-3/b40-27-,41-33+;;;. The van der Waals surface area contributed by atoms with Gasteiger partial charge in [0, 0.05) is 28.8 Å². The molecule has 2 aliphatic rings. The molecule has 4 aromatic rings. The van der Waals surface area contributed by atoms with Crippen molar-refractivity contribution in [1.29, 1.82) is 0 Å². The van der Waals surface area contributed by atoms with E-state index < -0.39 is 73.4 Å². The molecular weight excluding hydrogens is 848 g/mol. The number of ketones is 2. The van der Waals surface area contributed by atoms with Gasteiger partial charge in [-0.15, -0.1) is 0 Å². The number of allylic oxidation sites excluding steroid dienone is 4. The zero-order chi connectivity index (χ0) is 39.7. The van der Waals surface area contributed by atoms with Gasteiger partial charge in [-0.05, 0) is 90.5 Å². The number of hydrogen-bond donors (Lipinski definition) is 5. The molecule has 0 saturated heterocycles. The monoisotopic (exact) mass is 871 g/mol. The second-order valence-corrected chi connectivity index (χ2v) is 15.6. The molecule has 0 radical (unpaired) electrons. The van der Waals surface area contributed by atoms with Crippen LogP contribution in [0.2, 0.25) is 0 Å². The number of carbonyl (C=O) groups excluding carboxylic acids is 2. The van der Waals surface area contributed by atoms with Crippen LogP contribution >= 0.6 is 0 Å². The van der Waals surface area contributed by atoms with Crippen LogP contribution in [0.4, 0.5) is 34.1 Å². The molecule has 0 amide bonds. The van der Waals surface area contributed by atoms with E-state index in [1.807, 2.05) is 30.3 Å². The molecule has 2 aliphatic carbocycles. The summed E-state index contributed by atoms with van der Waals surface area (Å²) in [4.78, 5) is 23.0. The van der Waals surface area contributed by atoms with E-state index in [9.17, 15) is 48.5 Å². The van der Waals surface area contributed by atoms with Crippen molar-refractivity contribution in [2.75, 3.05) is 27.2 Å². The summed E-state index contributed by atoms with van der Waals surface area (Å²) in [6.45, 7) is 0. The van der Waals surface area contributed by atoms with E-state index in [0.29, 0.717) is 35.3 Å². The Bertz CT molecular complexity index is 2780. The Morgan fingerprint density at radius 2 is 1.21 bits per heavy atom. The van der Waals surface area contributed by atoms with Crippen LogP contribution < -0.4 is 116 Å². The maximum atomic E-state index is 13.3. The quantitative estimate of drug-likeness (QED) is 0.0308. The zero-order valence-corrected chi connectivity index (χ0v) is 39.0. The number of nitrogen functional groups attached to an aromatic ring is 1. The summed E-state index contributed by atoms with van der Waals surface area (Å²) in [6.07, 6.45) is 5.25. The number of benzene rings is 4. The predicted octanol–water partition coefficient (Wildman–Crippen LogP) is -5.71.